The van der Waals surface area contributed by atoms with Crippen molar-refractivity contribution in [1.82, 2.24) is 25.1 Å². The Morgan fingerprint density at radius 2 is 2.06 bits per heavy atom. The highest BCUT2D eigenvalue weighted by Crippen LogP contribution is 2.32. The lowest BCUT2D eigenvalue weighted by Gasteiger charge is -2.34. The minimum atomic E-state index is 0.0312. The zero-order valence-corrected chi connectivity index (χ0v) is 20.1. The first-order valence-electron chi connectivity index (χ1n) is 12.6. The number of aromatic nitrogens is 5. The number of aromatic amines is 2. The van der Waals surface area contributed by atoms with Crippen LogP contribution in [0.5, 0.6) is 0 Å². The summed E-state index contributed by atoms with van der Waals surface area (Å²) in [5, 5.41) is 12.0. The van der Waals surface area contributed by atoms with Crippen molar-refractivity contribution >= 4 is 39.3 Å². The van der Waals surface area contributed by atoms with Crippen molar-refractivity contribution in [1.29, 1.82) is 0 Å². The molecule has 1 fully saturated rings. The molecule has 0 bridgehead atoms. The maximum absolute atomic E-state index is 12.6. The highest BCUT2D eigenvalue weighted by atomic mass is 16.1. The third-order valence-corrected chi connectivity index (χ3v) is 7.10. The smallest absolute Gasteiger partial charge is 0.224 e. The lowest BCUT2D eigenvalue weighted by atomic mass is 9.89. The molecule has 1 atom stereocenters. The fraction of sp³-hybridized carbons (Fsp3) is 0.286. The van der Waals surface area contributed by atoms with Crippen molar-refractivity contribution < 1.29 is 4.79 Å². The van der Waals surface area contributed by atoms with Crippen LogP contribution in [0.15, 0.2) is 67.3 Å². The van der Waals surface area contributed by atoms with Gasteiger partial charge in [-0.1, -0.05) is 30.3 Å². The minimum absolute atomic E-state index is 0.0312. The molecule has 4 heterocycles. The first-order chi connectivity index (χ1) is 17.7. The number of anilines is 2. The summed E-state index contributed by atoms with van der Waals surface area (Å²) in [5.74, 6) is 1.50. The first-order valence-corrected chi connectivity index (χ1v) is 12.6. The fourth-order valence-electron chi connectivity index (χ4n) is 5.30. The number of hydrogen-bond acceptors (Lipinski definition) is 5. The van der Waals surface area contributed by atoms with Crippen LogP contribution in [-0.2, 0) is 11.2 Å². The van der Waals surface area contributed by atoms with Crippen molar-refractivity contribution in [3.05, 3.63) is 78.4 Å². The van der Waals surface area contributed by atoms with Crippen LogP contribution >= 0.6 is 0 Å². The monoisotopic (exact) mass is 479 g/mol. The molecule has 8 nitrogen and oxygen atoms in total. The molecule has 8 heteroatoms. The molecule has 0 radical (unpaired) electrons. The van der Waals surface area contributed by atoms with Gasteiger partial charge in [-0.3, -0.25) is 9.89 Å². The Bertz CT molecular complexity index is 1500. The lowest BCUT2D eigenvalue weighted by molar-refractivity contribution is -0.116. The van der Waals surface area contributed by atoms with E-state index in [2.05, 4.69) is 65.7 Å². The van der Waals surface area contributed by atoms with Crippen LogP contribution in [0.25, 0.3) is 21.9 Å². The second-order valence-electron chi connectivity index (χ2n) is 9.51. The Morgan fingerprint density at radius 3 is 3.03 bits per heavy atom. The van der Waals surface area contributed by atoms with E-state index in [1.807, 2.05) is 24.4 Å². The predicted octanol–water partition coefficient (Wildman–Crippen LogP) is 5.18. The van der Waals surface area contributed by atoms with Gasteiger partial charge in [-0.15, -0.1) is 0 Å². The molecule has 1 aliphatic heterocycles. The Balaban J connectivity index is 1.07. The molecule has 6 rings (SSSR count). The second-order valence-corrected chi connectivity index (χ2v) is 9.51. The van der Waals surface area contributed by atoms with Crippen molar-refractivity contribution in [2.75, 3.05) is 23.3 Å². The number of aryl methyl sites for hydroxylation is 1. The molecule has 36 heavy (non-hydrogen) atoms. The van der Waals surface area contributed by atoms with E-state index < -0.39 is 0 Å². The third-order valence-electron chi connectivity index (χ3n) is 7.10. The number of H-pyrrole nitrogens is 2. The molecule has 0 spiro atoms. The molecule has 3 N–H and O–H groups in total. The summed E-state index contributed by atoms with van der Waals surface area (Å²) < 4.78 is 0. The van der Waals surface area contributed by atoms with E-state index in [0.29, 0.717) is 12.3 Å². The van der Waals surface area contributed by atoms with Gasteiger partial charge in [0.2, 0.25) is 5.91 Å². The van der Waals surface area contributed by atoms with Gasteiger partial charge >= 0.3 is 0 Å². The summed E-state index contributed by atoms with van der Waals surface area (Å²) in [6.07, 6.45) is 9.78. The van der Waals surface area contributed by atoms with E-state index in [4.69, 9.17) is 0 Å². The van der Waals surface area contributed by atoms with Gasteiger partial charge in [-0.25, -0.2) is 9.97 Å². The minimum Gasteiger partial charge on any atom is -0.355 e. The van der Waals surface area contributed by atoms with Crippen LogP contribution < -0.4 is 10.2 Å². The zero-order valence-electron chi connectivity index (χ0n) is 20.1. The largest absolute Gasteiger partial charge is 0.355 e. The van der Waals surface area contributed by atoms with Crippen molar-refractivity contribution in [2.24, 2.45) is 0 Å². The Hall–Kier alpha value is -4.20. The number of amides is 1. The summed E-state index contributed by atoms with van der Waals surface area (Å²) in [7, 11) is 0. The average Bonchev–Trinajstić information content (AvgIpc) is 3.59. The molecule has 182 valence electrons. The second kappa shape index (κ2) is 9.81. The molecule has 1 saturated heterocycles. The summed E-state index contributed by atoms with van der Waals surface area (Å²) in [5.41, 5.74) is 5.26. The number of piperidine rings is 1. The molecule has 0 saturated carbocycles. The molecular weight excluding hydrogens is 450 g/mol. The Morgan fingerprint density at radius 1 is 1.11 bits per heavy atom. The van der Waals surface area contributed by atoms with E-state index in [1.54, 1.807) is 12.5 Å². The molecule has 5 aromatic rings. The number of nitrogens with zero attached hydrogens (tertiary/aromatic N) is 4. The van der Waals surface area contributed by atoms with Gasteiger partial charge in [-0.05, 0) is 55.0 Å². The predicted molar refractivity (Wildman–Crippen MR) is 142 cm³/mol. The van der Waals surface area contributed by atoms with Gasteiger partial charge in [0.25, 0.3) is 0 Å². The van der Waals surface area contributed by atoms with Crippen LogP contribution in [0.3, 0.4) is 0 Å². The van der Waals surface area contributed by atoms with Crippen LogP contribution in [0.1, 0.15) is 42.7 Å². The maximum Gasteiger partial charge on any atom is 0.224 e. The van der Waals surface area contributed by atoms with Crippen molar-refractivity contribution in [3.8, 4) is 0 Å². The molecule has 3 aromatic heterocycles. The molecule has 1 aliphatic rings. The number of benzene rings is 2. The first kappa shape index (κ1) is 22.3. The van der Waals surface area contributed by atoms with Crippen LogP contribution in [-0.4, -0.2) is 44.1 Å². The van der Waals surface area contributed by atoms with Gasteiger partial charge in [0.1, 0.15) is 17.8 Å². The van der Waals surface area contributed by atoms with Gasteiger partial charge in [-0.2, -0.15) is 5.10 Å². The zero-order chi connectivity index (χ0) is 24.3. The maximum atomic E-state index is 12.6. The van der Waals surface area contributed by atoms with Crippen LogP contribution in [0, 0.1) is 0 Å². The van der Waals surface area contributed by atoms with Gasteiger partial charge < -0.3 is 15.2 Å². The number of hydrogen-bond donors (Lipinski definition) is 3. The summed E-state index contributed by atoms with van der Waals surface area (Å²) in [4.78, 5) is 27.1. The Labute approximate surface area is 209 Å². The standard InChI is InChI=1S/C28H29N7O/c36-26(33-24-9-3-10-25-23(24)16-32-34-25)11-2-6-19-5-1-7-20(15-19)21-8-4-14-35(17-21)28-22-12-13-29-27(22)30-18-31-28/h1,3,5,7,9-10,12-13,15-16,18,21H,2,4,6,8,11,14,17H2,(H,32,34)(H,33,36)(H,29,30,31). The molecule has 1 unspecified atom stereocenters. The normalized spacial score (nSPS) is 16.0. The van der Waals surface area contributed by atoms with Crippen LogP contribution in [0.4, 0.5) is 11.5 Å². The number of rotatable bonds is 7. The number of carbonyl (C=O) groups is 1. The number of nitrogens with one attached hydrogen (secondary N) is 3. The number of fused-ring (bicyclic) bond motifs is 2. The Kier molecular flexibility index (Phi) is 6.07. The van der Waals surface area contributed by atoms with E-state index in [-0.39, 0.29) is 5.91 Å². The molecule has 0 aliphatic carbocycles. The van der Waals surface area contributed by atoms with E-state index >= 15 is 0 Å². The lowest BCUT2D eigenvalue weighted by Crippen LogP contribution is -2.35. The molecular formula is C28H29N7O. The summed E-state index contributed by atoms with van der Waals surface area (Å²) in [6.45, 7) is 1.96. The number of carbonyl (C=O) groups excluding carboxylic acids is 1. The quantitative estimate of drug-likeness (QED) is 0.298. The van der Waals surface area contributed by atoms with Gasteiger partial charge in [0, 0.05) is 37.0 Å². The fourth-order valence-corrected chi connectivity index (χ4v) is 5.30. The average molecular weight is 480 g/mol. The highest BCUT2D eigenvalue weighted by molar-refractivity contribution is 6.00. The molecule has 2 aromatic carbocycles. The third kappa shape index (κ3) is 4.54. The van der Waals surface area contributed by atoms with Crippen LogP contribution in [0.2, 0.25) is 0 Å². The molecule has 1 amide bonds. The highest BCUT2D eigenvalue weighted by Gasteiger charge is 2.24. The van der Waals surface area contributed by atoms with Crippen molar-refractivity contribution in [3.63, 3.8) is 0 Å². The van der Waals surface area contributed by atoms with E-state index in [9.17, 15) is 4.79 Å². The van der Waals surface area contributed by atoms with Crippen molar-refractivity contribution in [2.45, 2.75) is 38.0 Å². The van der Waals surface area contributed by atoms with E-state index in [1.165, 1.54) is 17.5 Å². The van der Waals surface area contributed by atoms with E-state index in [0.717, 1.165) is 65.8 Å². The summed E-state index contributed by atoms with van der Waals surface area (Å²) in [6, 6.07) is 16.7. The summed E-state index contributed by atoms with van der Waals surface area (Å²) >= 11 is 0. The SMILES string of the molecule is O=C(CCCc1cccc(C2CCCN(c3ncnc4[nH]ccc34)C2)c1)Nc1cccc2[nH]ncc12. The van der Waals surface area contributed by atoms with Gasteiger partial charge in [0.15, 0.2) is 0 Å². The topological polar surface area (TPSA) is 103 Å². The van der Waals surface area contributed by atoms with Gasteiger partial charge in [0.05, 0.1) is 22.8 Å².